The Morgan fingerprint density at radius 1 is 1.12 bits per heavy atom. The Morgan fingerprint density at radius 3 is 2.69 bits per heavy atom. The lowest BCUT2D eigenvalue weighted by molar-refractivity contribution is 0.0906. The Balaban J connectivity index is 1.52. The number of nitrogens with one attached hydrogen (secondary N) is 1. The smallest absolute Gasteiger partial charge is 0.194 e. The zero-order valence-electron chi connectivity index (χ0n) is 19.8. The summed E-state index contributed by atoms with van der Waals surface area (Å²) in [5, 5.41) is 3.46. The molecule has 1 fully saturated rings. The molecule has 174 valence electrons. The molecule has 6 nitrogen and oxygen atoms in total. The molecule has 1 aliphatic rings. The van der Waals surface area contributed by atoms with Gasteiger partial charge in [0.2, 0.25) is 0 Å². The van der Waals surface area contributed by atoms with E-state index in [0.717, 1.165) is 56.5 Å². The normalized spacial score (nSPS) is 16.6. The summed E-state index contributed by atoms with van der Waals surface area (Å²) in [6.45, 7) is 8.57. The lowest BCUT2D eigenvalue weighted by atomic mass is 10.1. The lowest BCUT2D eigenvalue weighted by Gasteiger charge is -2.22. The van der Waals surface area contributed by atoms with E-state index in [1.807, 2.05) is 24.3 Å². The highest BCUT2D eigenvalue weighted by atomic mass is 16.5. The third-order valence-corrected chi connectivity index (χ3v) is 5.55. The van der Waals surface area contributed by atoms with E-state index < -0.39 is 0 Å². The molecule has 1 unspecified atom stereocenters. The van der Waals surface area contributed by atoms with Crippen LogP contribution in [-0.2, 0) is 17.9 Å². The fraction of sp³-hybridized carbons (Fsp3) is 0.500. The number of nitrogens with zero attached hydrogens (tertiary/aromatic N) is 3. The molecule has 2 aromatic rings. The van der Waals surface area contributed by atoms with Crippen LogP contribution in [0.25, 0.3) is 0 Å². The molecule has 2 aromatic carbocycles. The Kier molecular flexibility index (Phi) is 9.85. The number of hydrogen-bond acceptors (Lipinski definition) is 4. The highest BCUT2D eigenvalue weighted by Gasteiger charge is 2.25. The maximum Gasteiger partial charge on any atom is 0.194 e. The van der Waals surface area contributed by atoms with E-state index in [0.29, 0.717) is 25.7 Å². The second kappa shape index (κ2) is 13.1. The maximum absolute atomic E-state index is 6.00. The van der Waals surface area contributed by atoms with Crippen molar-refractivity contribution in [3.63, 3.8) is 0 Å². The van der Waals surface area contributed by atoms with Gasteiger partial charge >= 0.3 is 0 Å². The summed E-state index contributed by atoms with van der Waals surface area (Å²) < 4.78 is 12.0. The minimum Gasteiger partial charge on any atom is -0.492 e. The second-order valence-corrected chi connectivity index (χ2v) is 8.53. The highest BCUT2D eigenvalue weighted by molar-refractivity contribution is 5.80. The first-order valence-electron chi connectivity index (χ1n) is 11.7. The van der Waals surface area contributed by atoms with Gasteiger partial charge in [0.05, 0.1) is 19.8 Å². The van der Waals surface area contributed by atoms with Gasteiger partial charge in [-0.2, -0.15) is 0 Å². The number of rotatable bonds is 11. The van der Waals surface area contributed by atoms with E-state index in [2.05, 4.69) is 66.5 Å². The number of para-hydroxylation sites is 1. The number of ether oxygens (including phenoxy) is 2. The van der Waals surface area contributed by atoms with Crippen molar-refractivity contribution in [3.05, 3.63) is 65.7 Å². The average molecular weight is 439 g/mol. The number of likely N-dealkylation sites (tertiary alicyclic amines) is 1. The largest absolute Gasteiger partial charge is 0.492 e. The molecule has 0 aliphatic carbocycles. The third kappa shape index (κ3) is 7.84. The minimum absolute atomic E-state index is 0.532. The van der Waals surface area contributed by atoms with Crippen molar-refractivity contribution in [2.75, 3.05) is 53.5 Å². The number of likely N-dealkylation sites (N-methyl/N-ethyl adjacent to an activating group) is 1. The summed E-state index contributed by atoms with van der Waals surface area (Å²) in [7, 11) is 4.11. The molecule has 1 aliphatic heterocycles. The van der Waals surface area contributed by atoms with Crippen LogP contribution in [0.2, 0.25) is 0 Å². The number of guanidine groups is 1. The summed E-state index contributed by atoms with van der Waals surface area (Å²) in [5.41, 5.74) is 2.34. The van der Waals surface area contributed by atoms with E-state index in [1.54, 1.807) is 0 Å². The molecule has 0 aromatic heterocycles. The summed E-state index contributed by atoms with van der Waals surface area (Å²) in [5.74, 6) is 2.42. The maximum atomic E-state index is 6.00. The topological polar surface area (TPSA) is 49.3 Å². The Bertz CT molecular complexity index is 826. The predicted octanol–water partition coefficient (Wildman–Crippen LogP) is 3.63. The second-order valence-electron chi connectivity index (χ2n) is 8.53. The first-order valence-corrected chi connectivity index (χ1v) is 11.7. The summed E-state index contributed by atoms with van der Waals surface area (Å²) in [6, 6.07) is 18.6. The standard InChI is InChI=1S/C26H38N4O2/c1-4-27-26(28-18-24-12-8-9-13-25(24)32-17-16-29(2)3)30-15-14-23(19-30)21-31-20-22-10-6-5-7-11-22/h5-13,23H,4,14-21H2,1-3H3,(H,27,28). The van der Waals surface area contributed by atoms with Gasteiger partial charge in [0.15, 0.2) is 5.96 Å². The van der Waals surface area contributed by atoms with Gasteiger partial charge in [-0.15, -0.1) is 0 Å². The van der Waals surface area contributed by atoms with Crippen LogP contribution >= 0.6 is 0 Å². The fourth-order valence-corrected chi connectivity index (χ4v) is 3.78. The summed E-state index contributed by atoms with van der Waals surface area (Å²) in [4.78, 5) is 9.41. The molecular formula is C26H38N4O2. The van der Waals surface area contributed by atoms with E-state index in [1.165, 1.54) is 5.56 Å². The molecule has 1 N–H and O–H groups in total. The van der Waals surface area contributed by atoms with Crippen molar-refractivity contribution in [2.24, 2.45) is 10.9 Å². The van der Waals surface area contributed by atoms with Crippen molar-refractivity contribution in [1.82, 2.24) is 15.1 Å². The predicted molar refractivity (Wildman–Crippen MR) is 131 cm³/mol. The molecule has 0 bridgehead atoms. The van der Waals surface area contributed by atoms with Crippen LogP contribution < -0.4 is 10.1 Å². The summed E-state index contributed by atoms with van der Waals surface area (Å²) in [6.07, 6.45) is 1.13. The van der Waals surface area contributed by atoms with Crippen LogP contribution in [0.1, 0.15) is 24.5 Å². The Hall–Kier alpha value is -2.57. The molecule has 0 radical (unpaired) electrons. The van der Waals surface area contributed by atoms with Crippen molar-refractivity contribution in [3.8, 4) is 5.75 Å². The number of hydrogen-bond donors (Lipinski definition) is 1. The molecule has 1 atom stereocenters. The van der Waals surface area contributed by atoms with Gasteiger partial charge in [-0.25, -0.2) is 4.99 Å². The molecule has 32 heavy (non-hydrogen) atoms. The highest BCUT2D eigenvalue weighted by Crippen LogP contribution is 2.21. The Morgan fingerprint density at radius 2 is 1.91 bits per heavy atom. The molecular weight excluding hydrogens is 400 g/mol. The van der Waals surface area contributed by atoms with Crippen molar-refractivity contribution in [2.45, 2.75) is 26.5 Å². The fourth-order valence-electron chi connectivity index (χ4n) is 3.78. The third-order valence-electron chi connectivity index (χ3n) is 5.55. The van der Waals surface area contributed by atoms with E-state index in [4.69, 9.17) is 14.5 Å². The van der Waals surface area contributed by atoms with Crippen molar-refractivity contribution < 1.29 is 9.47 Å². The first kappa shape index (κ1) is 24.1. The van der Waals surface area contributed by atoms with Gasteiger partial charge in [0.1, 0.15) is 12.4 Å². The van der Waals surface area contributed by atoms with Gasteiger partial charge < -0.3 is 24.6 Å². The zero-order valence-corrected chi connectivity index (χ0v) is 19.8. The van der Waals surface area contributed by atoms with Crippen LogP contribution in [0, 0.1) is 5.92 Å². The van der Waals surface area contributed by atoms with Crippen LogP contribution in [-0.4, -0.2) is 69.2 Å². The van der Waals surface area contributed by atoms with Crippen LogP contribution in [0.3, 0.4) is 0 Å². The van der Waals surface area contributed by atoms with Gasteiger partial charge in [0.25, 0.3) is 0 Å². The average Bonchev–Trinajstić information content (AvgIpc) is 3.27. The van der Waals surface area contributed by atoms with Gasteiger partial charge in [-0.05, 0) is 39.1 Å². The monoisotopic (exact) mass is 438 g/mol. The molecule has 0 amide bonds. The molecule has 0 spiro atoms. The Labute approximate surface area is 193 Å². The van der Waals surface area contributed by atoms with Gasteiger partial charge in [-0.1, -0.05) is 48.5 Å². The van der Waals surface area contributed by atoms with E-state index in [9.17, 15) is 0 Å². The molecule has 0 saturated carbocycles. The SMILES string of the molecule is CCNC(=NCc1ccccc1OCCN(C)C)N1CCC(COCc2ccccc2)C1. The molecule has 6 heteroatoms. The molecule has 3 rings (SSSR count). The minimum atomic E-state index is 0.532. The molecule has 1 heterocycles. The van der Waals surface area contributed by atoms with Crippen molar-refractivity contribution >= 4 is 5.96 Å². The number of benzene rings is 2. The van der Waals surface area contributed by atoms with E-state index >= 15 is 0 Å². The number of aliphatic imine (C=N–C) groups is 1. The molecule has 1 saturated heterocycles. The van der Waals surface area contributed by atoms with Crippen LogP contribution in [0.15, 0.2) is 59.6 Å². The zero-order chi connectivity index (χ0) is 22.6. The van der Waals surface area contributed by atoms with Gasteiger partial charge in [-0.3, -0.25) is 0 Å². The quantitative estimate of drug-likeness (QED) is 0.429. The summed E-state index contributed by atoms with van der Waals surface area (Å²) >= 11 is 0. The van der Waals surface area contributed by atoms with Crippen LogP contribution in [0.4, 0.5) is 0 Å². The lowest BCUT2D eigenvalue weighted by Crippen LogP contribution is -2.40. The van der Waals surface area contributed by atoms with E-state index in [-0.39, 0.29) is 0 Å². The van der Waals surface area contributed by atoms with Crippen LogP contribution in [0.5, 0.6) is 5.75 Å². The van der Waals surface area contributed by atoms with Gasteiger partial charge in [0, 0.05) is 37.7 Å². The van der Waals surface area contributed by atoms with Crippen molar-refractivity contribution in [1.29, 1.82) is 0 Å². The first-order chi connectivity index (χ1) is 15.7.